The minimum atomic E-state index is -0.196. The first-order valence-corrected chi connectivity index (χ1v) is 7.89. The van der Waals surface area contributed by atoms with E-state index < -0.39 is 0 Å². The number of aryl methyl sites for hydroxylation is 1. The molecule has 1 amide bonds. The van der Waals surface area contributed by atoms with Gasteiger partial charge in [0, 0.05) is 25.9 Å². The quantitative estimate of drug-likeness (QED) is 0.944. The van der Waals surface area contributed by atoms with E-state index in [2.05, 4.69) is 16.9 Å². The second-order valence-electron chi connectivity index (χ2n) is 6.12. The molecule has 22 heavy (non-hydrogen) atoms. The molecule has 0 saturated carbocycles. The van der Waals surface area contributed by atoms with Crippen LogP contribution < -0.4 is 5.56 Å². The van der Waals surface area contributed by atoms with Crippen molar-refractivity contribution in [3.63, 3.8) is 0 Å². The summed E-state index contributed by atoms with van der Waals surface area (Å²) in [6, 6.07) is 7.44. The normalized spacial score (nSPS) is 18.6. The van der Waals surface area contributed by atoms with Crippen molar-refractivity contribution in [3.05, 3.63) is 40.3 Å². The first-order valence-electron chi connectivity index (χ1n) is 7.89. The lowest BCUT2D eigenvalue weighted by atomic mass is 10.00. The fourth-order valence-corrected chi connectivity index (χ4v) is 3.04. The Morgan fingerprint density at radius 2 is 2.23 bits per heavy atom. The van der Waals surface area contributed by atoms with Gasteiger partial charge in [0.05, 0.1) is 11.0 Å². The van der Waals surface area contributed by atoms with Crippen molar-refractivity contribution in [2.45, 2.75) is 32.6 Å². The highest BCUT2D eigenvalue weighted by Gasteiger charge is 2.21. The van der Waals surface area contributed by atoms with Crippen LogP contribution in [0.4, 0.5) is 0 Å². The number of carbonyl (C=O) groups excluding carboxylic acids is 1. The number of benzene rings is 1. The van der Waals surface area contributed by atoms with Crippen molar-refractivity contribution < 1.29 is 4.79 Å². The van der Waals surface area contributed by atoms with Gasteiger partial charge < -0.3 is 9.88 Å². The molecule has 3 rings (SSSR count). The third kappa shape index (κ3) is 3.18. The topological polar surface area (TPSA) is 66.1 Å². The van der Waals surface area contributed by atoms with Crippen LogP contribution in [-0.2, 0) is 11.2 Å². The van der Waals surface area contributed by atoms with Gasteiger partial charge in [-0.15, -0.1) is 0 Å². The summed E-state index contributed by atoms with van der Waals surface area (Å²) in [5.41, 5.74) is 1.74. The number of H-pyrrole nitrogens is 1. The molecule has 5 nitrogen and oxygen atoms in total. The van der Waals surface area contributed by atoms with E-state index in [9.17, 15) is 9.59 Å². The van der Waals surface area contributed by atoms with Gasteiger partial charge in [0.2, 0.25) is 5.91 Å². The number of fused-ring (bicyclic) bond motifs is 1. The number of piperidine rings is 1. The lowest BCUT2D eigenvalue weighted by molar-refractivity contribution is -0.132. The fraction of sp³-hybridized carbons (Fsp3) is 0.471. The molecule has 1 aliphatic rings. The number of amides is 1. The molecule has 5 heteroatoms. The zero-order valence-corrected chi connectivity index (χ0v) is 12.8. The van der Waals surface area contributed by atoms with Gasteiger partial charge in [-0.25, -0.2) is 4.98 Å². The van der Waals surface area contributed by atoms with Crippen LogP contribution in [-0.4, -0.2) is 33.9 Å². The maximum absolute atomic E-state index is 12.3. The average molecular weight is 299 g/mol. The Bertz CT molecular complexity index is 738. The van der Waals surface area contributed by atoms with Crippen LogP contribution in [0.15, 0.2) is 29.1 Å². The van der Waals surface area contributed by atoms with E-state index in [0.29, 0.717) is 24.5 Å². The molecule has 2 heterocycles. The molecule has 1 N–H and O–H groups in total. The van der Waals surface area contributed by atoms with Crippen molar-refractivity contribution in [1.29, 1.82) is 0 Å². The molecule has 1 unspecified atom stereocenters. The summed E-state index contributed by atoms with van der Waals surface area (Å²) in [5, 5.41) is 0. The molecule has 0 spiro atoms. The van der Waals surface area contributed by atoms with Gasteiger partial charge in [0.25, 0.3) is 5.56 Å². The molecule has 116 valence electrons. The molecule has 1 aromatic heterocycles. The van der Waals surface area contributed by atoms with Crippen LogP contribution >= 0.6 is 0 Å². The second kappa shape index (κ2) is 6.30. The molecular weight excluding hydrogens is 278 g/mol. The first kappa shape index (κ1) is 14.8. The number of nitrogens with one attached hydrogen (secondary N) is 1. The number of hydrogen-bond donors (Lipinski definition) is 1. The summed E-state index contributed by atoms with van der Waals surface area (Å²) >= 11 is 0. The summed E-state index contributed by atoms with van der Waals surface area (Å²) in [5.74, 6) is 0.695. The van der Waals surface area contributed by atoms with E-state index in [1.807, 2.05) is 29.2 Å². The molecule has 1 fully saturated rings. The predicted molar refractivity (Wildman–Crippen MR) is 85.7 cm³/mol. The summed E-state index contributed by atoms with van der Waals surface area (Å²) in [4.78, 5) is 33.4. The molecule has 1 aliphatic heterocycles. The summed E-state index contributed by atoms with van der Waals surface area (Å²) in [7, 11) is 0. The van der Waals surface area contributed by atoms with Gasteiger partial charge in [-0.2, -0.15) is 0 Å². The number of carbonyl (C=O) groups is 1. The van der Waals surface area contributed by atoms with E-state index in [4.69, 9.17) is 0 Å². The lowest BCUT2D eigenvalue weighted by Crippen LogP contribution is -2.39. The van der Waals surface area contributed by atoms with Crippen LogP contribution in [0.1, 0.15) is 31.9 Å². The molecule has 2 aromatic rings. The molecular formula is C17H21N3O2. The standard InChI is InChI=1S/C17H21N3O2/c1-12-5-4-10-20(11-12)16(21)9-8-15-17(22)19-14-7-3-2-6-13(14)18-15/h2-3,6-7,12H,4-5,8-11H2,1H3,(H,19,22). The van der Waals surface area contributed by atoms with Crippen molar-refractivity contribution in [1.82, 2.24) is 14.9 Å². The molecule has 0 bridgehead atoms. The summed E-state index contributed by atoms with van der Waals surface area (Å²) < 4.78 is 0. The fourth-order valence-electron chi connectivity index (χ4n) is 3.04. The minimum Gasteiger partial charge on any atom is -0.342 e. The predicted octanol–water partition coefficient (Wildman–Crippen LogP) is 2.11. The average Bonchev–Trinajstić information content (AvgIpc) is 2.52. The van der Waals surface area contributed by atoms with Gasteiger partial charge in [-0.3, -0.25) is 9.59 Å². The van der Waals surface area contributed by atoms with Crippen LogP contribution in [0.25, 0.3) is 11.0 Å². The number of rotatable bonds is 3. The van der Waals surface area contributed by atoms with Gasteiger partial charge >= 0.3 is 0 Å². The zero-order chi connectivity index (χ0) is 15.5. The third-order valence-corrected chi connectivity index (χ3v) is 4.26. The lowest BCUT2D eigenvalue weighted by Gasteiger charge is -2.31. The van der Waals surface area contributed by atoms with Gasteiger partial charge in [-0.1, -0.05) is 19.1 Å². The number of aromatic amines is 1. The highest BCUT2D eigenvalue weighted by Crippen LogP contribution is 2.16. The molecule has 0 aliphatic carbocycles. The number of nitrogens with zero attached hydrogens (tertiary/aromatic N) is 2. The SMILES string of the molecule is CC1CCCN(C(=O)CCc2nc3ccccc3[nH]c2=O)C1. The first-order chi connectivity index (χ1) is 10.6. The van der Waals surface area contributed by atoms with E-state index in [-0.39, 0.29) is 11.5 Å². The van der Waals surface area contributed by atoms with E-state index >= 15 is 0 Å². The molecule has 0 radical (unpaired) electrons. The second-order valence-corrected chi connectivity index (χ2v) is 6.12. The summed E-state index contributed by atoms with van der Waals surface area (Å²) in [6.45, 7) is 3.85. The van der Waals surface area contributed by atoms with Gasteiger partial charge in [-0.05, 0) is 30.9 Å². The Hall–Kier alpha value is -2.17. The largest absolute Gasteiger partial charge is 0.342 e. The van der Waals surface area contributed by atoms with Crippen molar-refractivity contribution in [3.8, 4) is 0 Å². The zero-order valence-electron chi connectivity index (χ0n) is 12.8. The van der Waals surface area contributed by atoms with Crippen LogP contribution in [0.5, 0.6) is 0 Å². The Morgan fingerprint density at radius 3 is 3.05 bits per heavy atom. The Morgan fingerprint density at radius 1 is 1.41 bits per heavy atom. The summed E-state index contributed by atoms with van der Waals surface area (Å²) in [6.07, 6.45) is 3.00. The Balaban J connectivity index is 1.69. The minimum absolute atomic E-state index is 0.126. The smallest absolute Gasteiger partial charge is 0.270 e. The maximum atomic E-state index is 12.3. The number of likely N-dealkylation sites (tertiary alicyclic amines) is 1. The highest BCUT2D eigenvalue weighted by atomic mass is 16.2. The monoisotopic (exact) mass is 299 g/mol. The van der Waals surface area contributed by atoms with Crippen molar-refractivity contribution in [2.75, 3.05) is 13.1 Å². The number of para-hydroxylation sites is 2. The van der Waals surface area contributed by atoms with Crippen LogP contribution in [0, 0.1) is 5.92 Å². The van der Waals surface area contributed by atoms with Crippen molar-refractivity contribution in [2.24, 2.45) is 5.92 Å². The Labute approximate surface area is 129 Å². The van der Waals surface area contributed by atoms with Gasteiger partial charge in [0.1, 0.15) is 5.69 Å². The van der Waals surface area contributed by atoms with E-state index in [1.54, 1.807) is 0 Å². The van der Waals surface area contributed by atoms with E-state index in [0.717, 1.165) is 30.5 Å². The third-order valence-electron chi connectivity index (χ3n) is 4.26. The number of hydrogen-bond acceptors (Lipinski definition) is 3. The molecule has 1 aromatic carbocycles. The Kier molecular flexibility index (Phi) is 4.22. The molecule has 1 atom stereocenters. The van der Waals surface area contributed by atoms with Crippen molar-refractivity contribution >= 4 is 16.9 Å². The van der Waals surface area contributed by atoms with Crippen LogP contribution in [0.2, 0.25) is 0 Å². The van der Waals surface area contributed by atoms with Crippen LogP contribution in [0.3, 0.4) is 0 Å². The highest BCUT2D eigenvalue weighted by molar-refractivity contribution is 5.77. The van der Waals surface area contributed by atoms with E-state index in [1.165, 1.54) is 6.42 Å². The maximum Gasteiger partial charge on any atom is 0.270 e. The number of aromatic nitrogens is 2. The van der Waals surface area contributed by atoms with Gasteiger partial charge in [0.15, 0.2) is 0 Å². The molecule has 1 saturated heterocycles.